The fourth-order valence-corrected chi connectivity index (χ4v) is 4.62. The van der Waals surface area contributed by atoms with Gasteiger partial charge < -0.3 is 14.3 Å². The van der Waals surface area contributed by atoms with Crippen LogP contribution in [0.15, 0.2) is 47.4 Å². The van der Waals surface area contributed by atoms with E-state index in [2.05, 4.69) is 49.2 Å². The molecule has 0 amide bonds. The van der Waals surface area contributed by atoms with Gasteiger partial charge in [0.15, 0.2) is 0 Å². The van der Waals surface area contributed by atoms with E-state index in [1.54, 1.807) is 12.5 Å². The van der Waals surface area contributed by atoms with Gasteiger partial charge in [0, 0.05) is 31.1 Å². The van der Waals surface area contributed by atoms with E-state index in [9.17, 15) is 0 Å². The van der Waals surface area contributed by atoms with E-state index >= 15 is 0 Å². The molecule has 0 saturated heterocycles. The Hall–Kier alpha value is -3.95. The summed E-state index contributed by atoms with van der Waals surface area (Å²) >= 11 is 0. The van der Waals surface area contributed by atoms with E-state index < -0.39 is 0 Å². The first kappa shape index (κ1) is 17.7. The van der Waals surface area contributed by atoms with Gasteiger partial charge in [-0.1, -0.05) is 11.2 Å². The number of aryl methyl sites for hydroxylation is 1. The highest BCUT2D eigenvalue weighted by atomic mass is 16.4. The van der Waals surface area contributed by atoms with Crippen LogP contribution < -0.4 is 4.90 Å². The standard InChI is InChI=1S/C22H21N9O/c1-13-3-2-9-30-18(13)11-16(28-30)20-19-15(23-12-24-19)7-10-29(20)22-27-26-21(32-22)17-6-8-25-31(17)14-4-5-14/h2-3,6,8-9,11-12,14,20H,4-5,7,10H2,1H3,(H,23,24)/t20-/m0/s1. The molecule has 1 aliphatic heterocycles. The molecule has 1 fully saturated rings. The summed E-state index contributed by atoms with van der Waals surface area (Å²) in [6.07, 6.45) is 8.59. The summed E-state index contributed by atoms with van der Waals surface area (Å²) in [5.41, 5.74) is 6.07. The highest BCUT2D eigenvalue weighted by molar-refractivity contribution is 5.57. The van der Waals surface area contributed by atoms with Gasteiger partial charge >= 0.3 is 6.01 Å². The highest BCUT2D eigenvalue weighted by Gasteiger charge is 2.36. The maximum Gasteiger partial charge on any atom is 0.319 e. The second-order valence-corrected chi connectivity index (χ2v) is 8.48. The fraction of sp³-hybridized carbons (Fsp3) is 0.318. The highest BCUT2D eigenvalue weighted by Crippen LogP contribution is 2.39. The van der Waals surface area contributed by atoms with Crippen molar-refractivity contribution in [2.45, 2.75) is 38.3 Å². The number of aromatic nitrogens is 8. The zero-order chi connectivity index (χ0) is 21.2. The molecule has 0 aromatic carbocycles. The van der Waals surface area contributed by atoms with Crippen LogP contribution in [0.5, 0.6) is 0 Å². The van der Waals surface area contributed by atoms with E-state index in [1.807, 2.05) is 27.5 Å². The van der Waals surface area contributed by atoms with Crippen LogP contribution in [0.4, 0.5) is 6.01 Å². The first-order valence-electron chi connectivity index (χ1n) is 10.9. The number of nitrogens with zero attached hydrogens (tertiary/aromatic N) is 8. The lowest BCUT2D eigenvalue weighted by Gasteiger charge is -2.32. The van der Waals surface area contributed by atoms with Crippen molar-refractivity contribution in [1.82, 2.24) is 39.6 Å². The molecule has 5 aromatic rings. The molecule has 6 heterocycles. The predicted molar refractivity (Wildman–Crippen MR) is 115 cm³/mol. The van der Waals surface area contributed by atoms with Crippen LogP contribution in [0.2, 0.25) is 0 Å². The lowest BCUT2D eigenvalue weighted by atomic mass is 10.00. The van der Waals surface area contributed by atoms with E-state index in [4.69, 9.17) is 9.52 Å². The Morgan fingerprint density at radius 3 is 3.00 bits per heavy atom. The number of hydrogen-bond acceptors (Lipinski definition) is 7. The largest absolute Gasteiger partial charge is 0.402 e. The van der Waals surface area contributed by atoms with Crippen molar-refractivity contribution in [1.29, 1.82) is 0 Å². The molecule has 0 bridgehead atoms. The summed E-state index contributed by atoms with van der Waals surface area (Å²) in [6, 6.07) is 8.83. The zero-order valence-corrected chi connectivity index (χ0v) is 17.5. The lowest BCUT2D eigenvalue weighted by molar-refractivity contribution is 0.498. The topological polar surface area (TPSA) is 106 Å². The van der Waals surface area contributed by atoms with E-state index in [0.29, 0.717) is 17.9 Å². The summed E-state index contributed by atoms with van der Waals surface area (Å²) in [5, 5.41) is 18.1. The normalized spacial score (nSPS) is 18.4. The molecule has 5 aromatic heterocycles. The molecule has 0 spiro atoms. The predicted octanol–water partition coefficient (Wildman–Crippen LogP) is 3.10. The van der Waals surface area contributed by atoms with Gasteiger partial charge in [-0.3, -0.25) is 4.68 Å². The smallest absolute Gasteiger partial charge is 0.319 e. The van der Waals surface area contributed by atoms with Crippen molar-refractivity contribution in [3.8, 4) is 11.6 Å². The second-order valence-electron chi connectivity index (χ2n) is 8.48. The molecule has 1 saturated carbocycles. The molecule has 10 nitrogen and oxygen atoms in total. The number of imidazole rings is 1. The van der Waals surface area contributed by atoms with Gasteiger partial charge in [0.1, 0.15) is 11.7 Å². The number of H-pyrrole nitrogens is 1. The van der Waals surface area contributed by atoms with Gasteiger partial charge in [-0.25, -0.2) is 9.50 Å². The third-order valence-electron chi connectivity index (χ3n) is 6.38. The Kier molecular flexibility index (Phi) is 3.61. The number of aromatic amines is 1. The molecule has 0 radical (unpaired) electrons. The van der Waals surface area contributed by atoms with Gasteiger partial charge in [0.25, 0.3) is 5.89 Å². The van der Waals surface area contributed by atoms with Crippen molar-refractivity contribution >= 4 is 11.5 Å². The van der Waals surface area contributed by atoms with Crippen molar-refractivity contribution in [2.24, 2.45) is 0 Å². The van der Waals surface area contributed by atoms with Gasteiger partial charge in [-0.2, -0.15) is 10.2 Å². The summed E-state index contributed by atoms with van der Waals surface area (Å²) in [4.78, 5) is 10.0. The van der Waals surface area contributed by atoms with Crippen LogP contribution in [0.1, 0.15) is 47.6 Å². The van der Waals surface area contributed by atoms with Crippen LogP contribution in [0.3, 0.4) is 0 Å². The number of pyridine rings is 1. The van der Waals surface area contributed by atoms with Crippen molar-refractivity contribution in [3.05, 3.63) is 65.6 Å². The average molecular weight is 427 g/mol. The first-order valence-corrected chi connectivity index (χ1v) is 10.9. The Bertz CT molecular complexity index is 1440. The fourth-order valence-electron chi connectivity index (χ4n) is 4.62. The zero-order valence-electron chi connectivity index (χ0n) is 17.5. The molecule has 32 heavy (non-hydrogen) atoms. The van der Waals surface area contributed by atoms with Crippen LogP contribution >= 0.6 is 0 Å². The molecule has 10 heteroatoms. The Balaban J connectivity index is 1.32. The van der Waals surface area contributed by atoms with Crippen LogP contribution in [-0.2, 0) is 6.42 Å². The Labute approximate surface area is 182 Å². The van der Waals surface area contributed by atoms with Crippen molar-refractivity contribution in [2.75, 3.05) is 11.4 Å². The minimum absolute atomic E-state index is 0.217. The molecule has 160 valence electrons. The molecular formula is C22H21N9O. The van der Waals surface area contributed by atoms with Gasteiger partial charge in [-0.15, -0.1) is 5.10 Å². The van der Waals surface area contributed by atoms with Crippen LogP contribution in [0.25, 0.3) is 17.1 Å². The summed E-state index contributed by atoms with van der Waals surface area (Å²) < 4.78 is 10.1. The van der Waals surface area contributed by atoms with E-state index in [-0.39, 0.29) is 6.04 Å². The number of hydrogen-bond donors (Lipinski definition) is 1. The number of nitrogens with one attached hydrogen (secondary N) is 1. The maximum absolute atomic E-state index is 6.20. The van der Waals surface area contributed by atoms with Crippen LogP contribution in [0, 0.1) is 6.92 Å². The first-order chi connectivity index (χ1) is 15.8. The van der Waals surface area contributed by atoms with Gasteiger partial charge in [0.05, 0.1) is 29.3 Å². The summed E-state index contributed by atoms with van der Waals surface area (Å²) in [5.74, 6) is 0.488. The summed E-state index contributed by atoms with van der Waals surface area (Å²) in [7, 11) is 0. The average Bonchev–Trinajstić information content (AvgIpc) is 3.27. The number of fused-ring (bicyclic) bond motifs is 2. The van der Waals surface area contributed by atoms with Gasteiger partial charge in [-0.05, 0) is 43.5 Å². The number of rotatable bonds is 4. The minimum atomic E-state index is -0.217. The molecular weight excluding hydrogens is 406 g/mol. The Morgan fingerprint density at radius 2 is 2.12 bits per heavy atom. The maximum atomic E-state index is 6.20. The molecule has 7 rings (SSSR count). The minimum Gasteiger partial charge on any atom is -0.402 e. The SMILES string of the molecule is Cc1cccn2nc([C@H]3c4nc[nH]c4CCN3c3nnc(-c4ccnn4C4CC4)o3)cc12. The molecule has 1 N–H and O–H groups in total. The Morgan fingerprint density at radius 1 is 1.19 bits per heavy atom. The second kappa shape index (κ2) is 6.52. The van der Waals surface area contributed by atoms with Crippen molar-refractivity contribution in [3.63, 3.8) is 0 Å². The van der Waals surface area contributed by atoms with Crippen LogP contribution in [-0.4, -0.2) is 46.1 Å². The quantitative estimate of drug-likeness (QED) is 0.470. The van der Waals surface area contributed by atoms with Gasteiger partial charge in [0.2, 0.25) is 0 Å². The molecule has 1 atom stereocenters. The van der Waals surface area contributed by atoms with E-state index in [0.717, 1.165) is 54.1 Å². The summed E-state index contributed by atoms with van der Waals surface area (Å²) in [6.45, 7) is 2.81. The third kappa shape index (κ3) is 2.62. The number of anilines is 1. The lowest BCUT2D eigenvalue weighted by Crippen LogP contribution is -2.36. The monoisotopic (exact) mass is 427 g/mol. The van der Waals surface area contributed by atoms with Crippen molar-refractivity contribution < 1.29 is 4.42 Å². The molecule has 0 unspecified atom stereocenters. The molecule has 2 aliphatic rings. The third-order valence-corrected chi connectivity index (χ3v) is 6.38. The van der Waals surface area contributed by atoms with E-state index in [1.165, 1.54) is 5.56 Å². The molecule has 1 aliphatic carbocycles.